The second kappa shape index (κ2) is 10.1. The summed E-state index contributed by atoms with van der Waals surface area (Å²) in [6, 6.07) is 0. The Hall–Kier alpha value is -0.0800. The topological polar surface area (TPSA) is 39.8 Å². The van der Waals surface area contributed by atoms with Crippen LogP contribution in [-0.2, 0) is 10.2 Å². The lowest BCUT2D eigenvalue weighted by molar-refractivity contribution is -0.00619. The van der Waals surface area contributed by atoms with E-state index in [0.717, 1.165) is 38.5 Å². The summed E-state index contributed by atoms with van der Waals surface area (Å²) in [7, 11) is 0. The first-order chi connectivity index (χ1) is 7.62. The average molecular weight is 228 g/mol. The number of hydrogen-bond donors (Lipinski definition) is 0. The first-order valence-electron chi connectivity index (χ1n) is 6.91. The Morgan fingerprint density at radius 1 is 0.938 bits per heavy atom. The first-order valence-corrected chi connectivity index (χ1v) is 6.91. The maximum atomic E-state index is 10.9. The van der Waals surface area contributed by atoms with Crippen LogP contribution in [0.3, 0.4) is 0 Å². The van der Waals surface area contributed by atoms with Crippen LogP contribution in [0.15, 0.2) is 0 Å². The van der Waals surface area contributed by atoms with Crippen molar-refractivity contribution in [3.8, 4) is 0 Å². The molecule has 0 aromatic heterocycles. The fraction of sp³-hybridized carbons (Fsp3) is 1.00. The lowest BCUT2D eigenvalue weighted by atomic mass is 10.1. The van der Waals surface area contributed by atoms with E-state index in [0.29, 0.717) is 0 Å². The van der Waals surface area contributed by atoms with Gasteiger partial charge in [0.25, 0.3) is 0 Å². The minimum absolute atomic E-state index is 0.117. The molecule has 0 bridgehead atoms. The molecule has 1 aliphatic rings. The zero-order chi connectivity index (χ0) is 12.3. The Labute approximate surface area is 101 Å². The van der Waals surface area contributed by atoms with E-state index >= 15 is 0 Å². The van der Waals surface area contributed by atoms with Crippen molar-refractivity contribution in [2.45, 2.75) is 83.7 Å². The van der Waals surface area contributed by atoms with Crippen LogP contribution < -0.4 is 0 Å². The Morgan fingerprint density at radius 2 is 1.44 bits per heavy atom. The summed E-state index contributed by atoms with van der Waals surface area (Å²) in [5.74, 6) is 0. The molecule has 0 atom stereocenters. The molecule has 2 nitrogen and oxygen atoms in total. The molecule has 0 heterocycles. The lowest BCUT2D eigenvalue weighted by Gasteiger charge is -2.08. The smallest absolute Gasteiger partial charge is 0.101 e. The van der Waals surface area contributed by atoms with Gasteiger partial charge in [-0.1, -0.05) is 51.9 Å². The number of unbranched alkanes of at least 4 members (excludes halogenated alkanes) is 5. The third-order valence-electron chi connectivity index (χ3n) is 3.16. The Balaban J connectivity index is 0.000000288. The van der Waals surface area contributed by atoms with E-state index in [1.54, 1.807) is 6.92 Å². The predicted octanol–water partition coefficient (Wildman–Crippen LogP) is 4.53. The maximum absolute atomic E-state index is 10.9. The molecule has 2 heteroatoms. The molecule has 0 spiro atoms. The highest BCUT2D eigenvalue weighted by molar-refractivity contribution is 4.77. The molecule has 0 unspecified atom stereocenters. The van der Waals surface area contributed by atoms with Crippen LogP contribution in [0.25, 0.3) is 0 Å². The minimum Gasteiger partial charge on any atom is -0.237 e. The maximum Gasteiger partial charge on any atom is 0.101 e. The van der Waals surface area contributed by atoms with Gasteiger partial charge in [-0.15, -0.1) is 0 Å². The van der Waals surface area contributed by atoms with Crippen LogP contribution in [0, 0.1) is 0 Å². The van der Waals surface area contributed by atoms with Crippen molar-refractivity contribution in [1.29, 1.82) is 0 Å². The van der Waals surface area contributed by atoms with Gasteiger partial charge in [-0.05, 0) is 26.2 Å². The molecular formula is C14H28O2. The third-order valence-corrected chi connectivity index (χ3v) is 3.16. The highest BCUT2D eigenvalue weighted by Gasteiger charge is 2.26. The van der Waals surface area contributed by atoms with Crippen LogP contribution >= 0.6 is 0 Å². The monoisotopic (exact) mass is 228 g/mol. The average Bonchev–Trinajstić information content (AvgIpc) is 2.64. The molecule has 16 heavy (non-hydrogen) atoms. The largest absolute Gasteiger partial charge is 0.237 e. The van der Waals surface area contributed by atoms with Gasteiger partial charge in [0.1, 0.15) is 5.60 Å². The van der Waals surface area contributed by atoms with Gasteiger partial charge in [-0.3, -0.25) is 0 Å². The first kappa shape index (κ1) is 15.9. The van der Waals surface area contributed by atoms with Crippen molar-refractivity contribution >= 4 is 0 Å². The molecule has 0 amide bonds. The molecular weight excluding hydrogens is 200 g/mol. The van der Waals surface area contributed by atoms with E-state index < -0.39 is 5.60 Å². The van der Waals surface area contributed by atoms with E-state index in [4.69, 9.17) is 0 Å². The molecule has 2 radical (unpaired) electrons. The summed E-state index contributed by atoms with van der Waals surface area (Å²) in [5, 5.41) is 20.9. The number of rotatable bonds is 6. The minimum atomic E-state index is -0.556. The molecule has 0 N–H and O–H groups in total. The van der Waals surface area contributed by atoms with Crippen LogP contribution in [0.4, 0.5) is 0 Å². The standard InChI is InChI=1S/C8H17O.C6H11O/c1-2-3-4-5-6-7-8-9;1-6(7)4-2-3-5-6/h2-8H2,1H3;2-5H2,1H3. The third kappa shape index (κ3) is 10.4. The highest BCUT2D eigenvalue weighted by Crippen LogP contribution is 2.28. The Morgan fingerprint density at radius 3 is 1.81 bits per heavy atom. The van der Waals surface area contributed by atoms with E-state index in [1.807, 2.05) is 0 Å². The second-order valence-electron chi connectivity index (χ2n) is 5.13. The van der Waals surface area contributed by atoms with Crippen molar-refractivity contribution < 1.29 is 10.2 Å². The van der Waals surface area contributed by atoms with Crippen molar-refractivity contribution in [2.75, 3.05) is 6.61 Å². The van der Waals surface area contributed by atoms with E-state index in [1.165, 1.54) is 25.7 Å². The quantitative estimate of drug-likeness (QED) is 0.599. The zero-order valence-electron chi connectivity index (χ0n) is 11.1. The van der Waals surface area contributed by atoms with Crippen LogP contribution in [0.2, 0.25) is 0 Å². The van der Waals surface area contributed by atoms with Gasteiger partial charge in [0.2, 0.25) is 0 Å². The van der Waals surface area contributed by atoms with Gasteiger partial charge in [-0.25, -0.2) is 10.2 Å². The Bertz CT molecular complexity index is 130. The van der Waals surface area contributed by atoms with E-state index in [2.05, 4.69) is 6.92 Å². The predicted molar refractivity (Wildman–Crippen MR) is 66.5 cm³/mol. The van der Waals surface area contributed by atoms with E-state index in [9.17, 15) is 10.2 Å². The van der Waals surface area contributed by atoms with Gasteiger partial charge in [0.15, 0.2) is 0 Å². The highest BCUT2D eigenvalue weighted by atomic mass is 16.3. The van der Waals surface area contributed by atoms with Crippen molar-refractivity contribution in [3.05, 3.63) is 0 Å². The fourth-order valence-electron chi connectivity index (χ4n) is 2.01. The van der Waals surface area contributed by atoms with Crippen molar-refractivity contribution in [1.82, 2.24) is 0 Å². The summed E-state index contributed by atoms with van der Waals surface area (Å²) in [5.41, 5.74) is -0.556. The van der Waals surface area contributed by atoms with E-state index in [-0.39, 0.29) is 6.61 Å². The van der Waals surface area contributed by atoms with Gasteiger partial charge < -0.3 is 0 Å². The molecule has 1 rings (SSSR count). The summed E-state index contributed by atoms with van der Waals surface area (Å²) in [6.45, 7) is 4.12. The summed E-state index contributed by atoms with van der Waals surface area (Å²) in [4.78, 5) is 0. The van der Waals surface area contributed by atoms with Gasteiger partial charge >= 0.3 is 0 Å². The van der Waals surface area contributed by atoms with Crippen molar-refractivity contribution in [3.63, 3.8) is 0 Å². The van der Waals surface area contributed by atoms with Gasteiger partial charge in [0.05, 0.1) is 6.61 Å². The Kier molecular flexibility index (Phi) is 10.0. The van der Waals surface area contributed by atoms with Crippen LogP contribution in [0.1, 0.15) is 78.1 Å². The lowest BCUT2D eigenvalue weighted by Crippen LogP contribution is -2.14. The molecule has 0 saturated heterocycles. The molecule has 0 aliphatic heterocycles. The normalized spacial score (nSPS) is 18.0. The molecule has 0 aromatic rings. The molecule has 1 saturated carbocycles. The van der Waals surface area contributed by atoms with Crippen molar-refractivity contribution in [2.24, 2.45) is 0 Å². The molecule has 1 aliphatic carbocycles. The molecule has 96 valence electrons. The zero-order valence-corrected chi connectivity index (χ0v) is 11.1. The van der Waals surface area contributed by atoms with Crippen LogP contribution in [0.5, 0.6) is 0 Å². The second-order valence-corrected chi connectivity index (χ2v) is 5.13. The summed E-state index contributed by atoms with van der Waals surface area (Å²) in [6.07, 6.45) is 11.3. The number of hydrogen-bond acceptors (Lipinski definition) is 0. The summed E-state index contributed by atoms with van der Waals surface area (Å²) < 4.78 is 0. The summed E-state index contributed by atoms with van der Waals surface area (Å²) >= 11 is 0. The SMILES string of the molecule is CC1([O])CCCC1.CCCCCCCC[O]. The van der Waals surface area contributed by atoms with Gasteiger partial charge in [0, 0.05) is 0 Å². The molecule has 1 fully saturated rings. The van der Waals surface area contributed by atoms with Crippen LogP contribution in [-0.4, -0.2) is 12.2 Å². The molecule has 0 aromatic carbocycles. The van der Waals surface area contributed by atoms with Gasteiger partial charge in [-0.2, -0.15) is 0 Å². The fourth-order valence-corrected chi connectivity index (χ4v) is 2.01.